The first-order valence-corrected chi connectivity index (χ1v) is 11.2. The normalized spacial score (nSPS) is 11.5. The Labute approximate surface area is 207 Å². The molecule has 4 aromatic rings. The highest BCUT2D eigenvalue weighted by Crippen LogP contribution is 2.33. The van der Waals surface area contributed by atoms with Gasteiger partial charge in [0, 0.05) is 17.0 Å². The second-order valence-corrected chi connectivity index (χ2v) is 8.27. The molecule has 176 valence electrons. The van der Waals surface area contributed by atoms with Crippen LogP contribution >= 0.6 is 11.6 Å². The van der Waals surface area contributed by atoms with Gasteiger partial charge in [-0.2, -0.15) is 0 Å². The van der Waals surface area contributed by atoms with Gasteiger partial charge in [-0.15, -0.1) is 0 Å². The van der Waals surface area contributed by atoms with Crippen molar-refractivity contribution >= 4 is 23.5 Å². The number of para-hydroxylation sites is 2. The van der Waals surface area contributed by atoms with Crippen LogP contribution in [0.3, 0.4) is 0 Å². The van der Waals surface area contributed by atoms with Gasteiger partial charge in [-0.25, -0.2) is 4.79 Å². The van der Waals surface area contributed by atoms with E-state index in [0.717, 1.165) is 22.4 Å². The number of halogens is 1. The number of phenolic OH excluding ortho intramolecular Hbond substituents is 1. The third-order valence-corrected chi connectivity index (χ3v) is 5.60. The van der Waals surface area contributed by atoms with Crippen LogP contribution in [0.4, 0.5) is 0 Å². The number of carbonyl (C=O) groups excluding carboxylic acids is 1. The number of rotatable bonds is 8. The van der Waals surface area contributed by atoms with Crippen molar-refractivity contribution < 1.29 is 24.5 Å². The number of carbonyl (C=O) groups is 2. The SMILES string of the molecule is O=C(NC(Cc1ccc(-c2ccccc2Oc2ccccc2)cc1)C(=O)O)c1cc(Cl)ccc1O. The Morgan fingerprint density at radius 3 is 2.29 bits per heavy atom. The summed E-state index contributed by atoms with van der Waals surface area (Å²) in [4.78, 5) is 24.4. The summed E-state index contributed by atoms with van der Waals surface area (Å²) in [5.41, 5.74) is 2.43. The molecule has 6 nitrogen and oxygen atoms in total. The minimum Gasteiger partial charge on any atom is -0.507 e. The zero-order valence-corrected chi connectivity index (χ0v) is 19.3. The molecule has 0 bridgehead atoms. The van der Waals surface area contributed by atoms with Crippen molar-refractivity contribution in [1.29, 1.82) is 0 Å². The fraction of sp³-hybridized carbons (Fsp3) is 0.0714. The lowest BCUT2D eigenvalue weighted by atomic mass is 9.99. The van der Waals surface area contributed by atoms with Gasteiger partial charge in [-0.1, -0.05) is 72.3 Å². The summed E-state index contributed by atoms with van der Waals surface area (Å²) in [6.07, 6.45) is 0.0604. The first kappa shape index (κ1) is 23.9. The van der Waals surface area contributed by atoms with E-state index in [2.05, 4.69) is 5.32 Å². The zero-order valence-electron chi connectivity index (χ0n) is 18.5. The highest BCUT2D eigenvalue weighted by Gasteiger charge is 2.23. The largest absolute Gasteiger partial charge is 0.507 e. The number of aromatic hydroxyl groups is 1. The lowest BCUT2D eigenvalue weighted by Crippen LogP contribution is -2.42. The van der Waals surface area contributed by atoms with Crippen molar-refractivity contribution in [3.05, 3.63) is 113 Å². The van der Waals surface area contributed by atoms with Crippen LogP contribution in [0.15, 0.2) is 97.1 Å². The van der Waals surface area contributed by atoms with Crippen molar-refractivity contribution in [3.63, 3.8) is 0 Å². The van der Waals surface area contributed by atoms with Gasteiger partial charge in [0.25, 0.3) is 5.91 Å². The van der Waals surface area contributed by atoms with E-state index in [1.165, 1.54) is 18.2 Å². The second kappa shape index (κ2) is 10.8. The number of nitrogens with one attached hydrogen (secondary N) is 1. The van der Waals surface area contributed by atoms with Crippen LogP contribution in [0.2, 0.25) is 5.02 Å². The Hall–Kier alpha value is -4.29. The molecule has 0 fully saturated rings. The fourth-order valence-corrected chi connectivity index (χ4v) is 3.76. The predicted octanol–water partition coefficient (Wildman–Crippen LogP) is 5.93. The van der Waals surface area contributed by atoms with E-state index in [1.54, 1.807) is 0 Å². The zero-order chi connectivity index (χ0) is 24.8. The molecule has 0 spiro atoms. The maximum absolute atomic E-state index is 12.5. The number of aliphatic carboxylic acids is 1. The lowest BCUT2D eigenvalue weighted by molar-refractivity contribution is -0.139. The van der Waals surface area contributed by atoms with Gasteiger partial charge < -0.3 is 20.3 Å². The van der Waals surface area contributed by atoms with Crippen LogP contribution in [0.1, 0.15) is 15.9 Å². The summed E-state index contributed by atoms with van der Waals surface area (Å²) in [6.45, 7) is 0. The minimum atomic E-state index is -1.19. The average molecular weight is 488 g/mol. The summed E-state index contributed by atoms with van der Waals surface area (Å²) in [5.74, 6) is -0.769. The Bertz CT molecular complexity index is 1340. The smallest absolute Gasteiger partial charge is 0.326 e. The topological polar surface area (TPSA) is 95.9 Å². The molecule has 0 aliphatic heterocycles. The Morgan fingerprint density at radius 1 is 0.886 bits per heavy atom. The minimum absolute atomic E-state index is 0.0604. The molecule has 0 saturated heterocycles. The number of ether oxygens (including phenoxy) is 1. The van der Waals surface area contributed by atoms with E-state index in [4.69, 9.17) is 16.3 Å². The third kappa shape index (κ3) is 5.99. The molecule has 0 heterocycles. The molecule has 35 heavy (non-hydrogen) atoms. The molecule has 7 heteroatoms. The molecule has 0 saturated carbocycles. The summed E-state index contributed by atoms with van der Waals surface area (Å²) >= 11 is 5.90. The van der Waals surface area contributed by atoms with Gasteiger partial charge in [0.05, 0.1) is 5.56 Å². The summed E-state index contributed by atoms with van der Waals surface area (Å²) < 4.78 is 6.04. The van der Waals surface area contributed by atoms with Crippen molar-refractivity contribution in [3.8, 4) is 28.4 Å². The van der Waals surface area contributed by atoms with Crippen LogP contribution in [-0.2, 0) is 11.2 Å². The van der Waals surface area contributed by atoms with Gasteiger partial charge >= 0.3 is 5.97 Å². The predicted molar refractivity (Wildman–Crippen MR) is 134 cm³/mol. The van der Waals surface area contributed by atoms with E-state index in [1.807, 2.05) is 78.9 Å². The molecule has 0 aromatic heterocycles. The molecule has 1 atom stereocenters. The standard InChI is InChI=1S/C28H22ClNO5/c29-20-14-15-25(31)23(17-20)27(32)30-24(28(33)34)16-18-10-12-19(13-11-18)22-8-4-5-9-26(22)35-21-6-2-1-3-7-21/h1-15,17,24,31H,16H2,(H,30,32)(H,33,34). The quantitative estimate of drug-likeness (QED) is 0.286. The Balaban J connectivity index is 1.50. The van der Waals surface area contributed by atoms with Gasteiger partial charge in [0.2, 0.25) is 0 Å². The van der Waals surface area contributed by atoms with Crippen molar-refractivity contribution in [2.24, 2.45) is 0 Å². The number of hydrogen-bond acceptors (Lipinski definition) is 4. The van der Waals surface area contributed by atoms with Crippen LogP contribution in [0.5, 0.6) is 17.2 Å². The number of amides is 1. The molecule has 4 aromatic carbocycles. The second-order valence-electron chi connectivity index (χ2n) is 7.84. The third-order valence-electron chi connectivity index (χ3n) is 5.37. The molecule has 3 N–H and O–H groups in total. The van der Waals surface area contributed by atoms with Crippen LogP contribution in [-0.4, -0.2) is 28.1 Å². The van der Waals surface area contributed by atoms with Crippen LogP contribution in [0.25, 0.3) is 11.1 Å². The Kier molecular flexibility index (Phi) is 7.33. The first-order valence-electron chi connectivity index (χ1n) is 10.8. The van der Waals surface area contributed by atoms with E-state index >= 15 is 0 Å². The number of carboxylic acids is 1. The van der Waals surface area contributed by atoms with Crippen LogP contribution < -0.4 is 10.1 Å². The monoisotopic (exact) mass is 487 g/mol. The molecule has 1 unspecified atom stereocenters. The van der Waals surface area contributed by atoms with Gasteiger partial charge in [-0.3, -0.25) is 4.79 Å². The number of phenols is 1. The molecular weight excluding hydrogens is 466 g/mol. The van der Waals surface area contributed by atoms with E-state index in [9.17, 15) is 19.8 Å². The highest BCUT2D eigenvalue weighted by atomic mass is 35.5. The van der Waals surface area contributed by atoms with Gasteiger partial charge in [0.1, 0.15) is 23.3 Å². The molecule has 1 amide bonds. The average Bonchev–Trinajstić information content (AvgIpc) is 2.86. The molecular formula is C28H22ClNO5. The van der Waals surface area contributed by atoms with Crippen LogP contribution in [0, 0.1) is 0 Å². The maximum Gasteiger partial charge on any atom is 0.326 e. The molecule has 4 rings (SSSR count). The Morgan fingerprint density at radius 2 is 1.57 bits per heavy atom. The maximum atomic E-state index is 12.5. The number of hydrogen-bond donors (Lipinski definition) is 3. The van der Waals surface area contributed by atoms with Gasteiger partial charge in [0.15, 0.2) is 0 Å². The summed E-state index contributed by atoms with van der Waals surface area (Å²) in [5, 5.41) is 22.3. The van der Waals surface area contributed by atoms with E-state index in [0.29, 0.717) is 5.75 Å². The van der Waals surface area contributed by atoms with Crippen molar-refractivity contribution in [1.82, 2.24) is 5.32 Å². The summed E-state index contributed by atoms with van der Waals surface area (Å²) in [6, 6.07) is 27.3. The highest BCUT2D eigenvalue weighted by molar-refractivity contribution is 6.31. The van der Waals surface area contributed by atoms with Gasteiger partial charge in [-0.05, 0) is 47.5 Å². The summed E-state index contributed by atoms with van der Waals surface area (Å²) in [7, 11) is 0. The fourth-order valence-electron chi connectivity index (χ4n) is 3.59. The van der Waals surface area contributed by atoms with E-state index < -0.39 is 17.9 Å². The number of carboxylic acid groups (broad SMARTS) is 1. The molecule has 0 radical (unpaired) electrons. The molecule has 0 aliphatic carbocycles. The lowest BCUT2D eigenvalue weighted by Gasteiger charge is -2.16. The van der Waals surface area contributed by atoms with Crippen molar-refractivity contribution in [2.45, 2.75) is 12.5 Å². The molecule has 0 aliphatic rings. The first-order chi connectivity index (χ1) is 16.9. The van der Waals surface area contributed by atoms with Crippen molar-refractivity contribution in [2.75, 3.05) is 0 Å². The van der Waals surface area contributed by atoms with E-state index in [-0.39, 0.29) is 22.8 Å². The number of benzene rings is 4.